The molecule has 1 saturated carbocycles. The van der Waals surface area contributed by atoms with Gasteiger partial charge in [-0.15, -0.1) is 0 Å². The molecular formula is C36H52N2O7. The maximum absolute atomic E-state index is 12.9. The Morgan fingerprint density at radius 3 is 2.47 bits per heavy atom. The van der Waals surface area contributed by atoms with Crippen LogP contribution in [0.25, 0.3) is 0 Å². The highest BCUT2D eigenvalue weighted by Crippen LogP contribution is 2.53. The molecule has 2 amide bonds. The third-order valence-electron chi connectivity index (χ3n) is 9.74. The van der Waals surface area contributed by atoms with Gasteiger partial charge in [-0.3, -0.25) is 4.79 Å². The molecule has 0 aromatic carbocycles. The Balaban J connectivity index is 2.05. The number of nitrogens with two attached hydrogens (primary N) is 1. The van der Waals surface area contributed by atoms with Crippen LogP contribution in [0.3, 0.4) is 0 Å². The second-order valence-corrected chi connectivity index (χ2v) is 13.2. The zero-order valence-electron chi connectivity index (χ0n) is 27.9. The van der Waals surface area contributed by atoms with E-state index in [1.54, 1.807) is 20.1 Å². The summed E-state index contributed by atoms with van der Waals surface area (Å²) in [6.45, 7) is 13.2. The smallest absolute Gasteiger partial charge is 0.404 e. The first-order valence-corrected chi connectivity index (χ1v) is 15.9. The summed E-state index contributed by atoms with van der Waals surface area (Å²) in [6, 6.07) is -0.521. The first-order valence-electron chi connectivity index (χ1n) is 15.9. The lowest BCUT2D eigenvalue weighted by Crippen LogP contribution is -2.50. The van der Waals surface area contributed by atoms with Crippen LogP contribution >= 0.6 is 0 Å². The fourth-order valence-electron chi connectivity index (χ4n) is 7.10. The first kappa shape index (κ1) is 36.0. The van der Waals surface area contributed by atoms with Crippen molar-refractivity contribution in [1.82, 2.24) is 5.32 Å². The van der Waals surface area contributed by atoms with Crippen LogP contribution < -0.4 is 11.1 Å². The van der Waals surface area contributed by atoms with Gasteiger partial charge in [-0.05, 0) is 38.5 Å². The molecule has 248 valence electrons. The maximum Gasteiger partial charge on any atom is 0.404 e. The second-order valence-electron chi connectivity index (χ2n) is 13.2. The third kappa shape index (κ3) is 9.30. The Morgan fingerprint density at radius 1 is 1.11 bits per heavy atom. The SMILES string of the molecule is CO[C@@H]1C[C@H](OC(N)=O)[C@H]2C=C[C@@H]3/C=C(C)/C=C/[C@@H](C)[C@H]([C@H](C)[C@H](O)[C@@H](C)NC(C)=O)OC(=O)/C=C/C=C(C)\C=C\[C@]3(C)[C@@H]2C1. The highest BCUT2D eigenvalue weighted by Gasteiger charge is 2.50. The maximum atomic E-state index is 12.9. The largest absolute Gasteiger partial charge is 0.458 e. The molecule has 3 rings (SSSR count). The second kappa shape index (κ2) is 15.7. The number of carbonyl (C=O) groups is 3. The number of cyclic esters (lactones) is 1. The van der Waals surface area contributed by atoms with Gasteiger partial charge >= 0.3 is 12.1 Å². The van der Waals surface area contributed by atoms with Crippen molar-refractivity contribution in [2.75, 3.05) is 7.11 Å². The molecule has 0 saturated heterocycles. The lowest BCUT2D eigenvalue weighted by Gasteiger charge is -2.51. The molecule has 1 heterocycles. The highest BCUT2D eigenvalue weighted by molar-refractivity contribution is 5.82. The van der Waals surface area contributed by atoms with Crippen LogP contribution in [0.4, 0.5) is 4.79 Å². The van der Waals surface area contributed by atoms with E-state index >= 15 is 0 Å². The molecule has 1 aliphatic heterocycles. The minimum Gasteiger partial charge on any atom is -0.458 e. The number of primary amides is 1. The number of allylic oxidation sites excluding steroid dienone is 9. The van der Waals surface area contributed by atoms with Gasteiger partial charge in [0.25, 0.3) is 0 Å². The number of hydrogen-bond donors (Lipinski definition) is 3. The molecule has 9 heteroatoms. The number of aliphatic hydroxyl groups excluding tert-OH is 1. The quantitative estimate of drug-likeness (QED) is 0.268. The molecule has 1 fully saturated rings. The van der Waals surface area contributed by atoms with Gasteiger partial charge in [0.15, 0.2) is 0 Å². The molecule has 9 nitrogen and oxygen atoms in total. The van der Waals surface area contributed by atoms with E-state index in [9.17, 15) is 19.5 Å². The number of carbonyl (C=O) groups excluding carboxylic acids is 3. The minimum atomic E-state index is -0.934. The topological polar surface area (TPSA) is 137 Å². The molecule has 0 spiro atoms. The molecule has 0 aromatic rings. The summed E-state index contributed by atoms with van der Waals surface area (Å²) in [4.78, 5) is 36.4. The Hall–Kier alpha value is -3.43. The van der Waals surface area contributed by atoms with Crippen LogP contribution in [0.1, 0.15) is 61.3 Å². The molecular weight excluding hydrogens is 572 g/mol. The predicted octanol–water partition coefficient (Wildman–Crippen LogP) is 5.33. The van der Waals surface area contributed by atoms with Crippen molar-refractivity contribution in [2.24, 2.45) is 40.7 Å². The van der Waals surface area contributed by atoms with E-state index in [-0.39, 0.29) is 47.2 Å². The van der Waals surface area contributed by atoms with Gasteiger partial charge < -0.3 is 30.4 Å². The fraction of sp³-hybridized carbons (Fsp3) is 0.583. The van der Waals surface area contributed by atoms with Crippen molar-refractivity contribution < 1.29 is 33.7 Å². The van der Waals surface area contributed by atoms with Crippen LogP contribution in [-0.4, -0.2) is 60.6 Å². The molecule has 4 N–H and O–H groups in total. The summed E-state index contributed by atoms with van der Waals surface area (Å²) < 4.78 is 17.3. The normalized spacial score (nSPS) is 38.7. The van der Waals surface area contributed by atoms with Gasteiger partial charge in [-0.1, -0.05) is 86.6 Å². The summed E-state index contributed by atoms with van der Waals surface area (Å²) in [5.41, 5.74) is 7.09. The average molecular weight is 625 g/mol. The van der Waals surface area contributed by atoms with E-state index in [0.717, 1.165) is 17.6 Å². The number of nitrogens with one attached hydrogen (secondary N) is 1. The van der Waals surface area contributed by atoms with Crippen LogP contribution in [0.2, 0.25) is 0 Å². The highest BCUT2D eigenvalue weighted by atomic mass is 16.6. The molecule has 2 aliphatic carbocycles. The van der Waals surface area contributed by atoms with Crippen LogP contribution in [0.5, 0.6) is 0 Å². The molecule has 0 unspecified atom stereocenters. The molecule has 11 atom stereocenters. The summed E-state index contributed by atoms with van der Waals surface area (Å²) in [5, 5.41) is 13.8. The van der Waals surface area contributed by atoms with Gasteiger partial charge in [0.2, 0.25) is 5.91 Å². The lowest BCUT2D eigenvalue weighted by molar-refractivity contribution is -0.151. The zero-order chi connectivity index (χ0) is 33.5. The number of methoxy groups -OCH3 is 1. The predicted molar refractivity (Wildman–Crippen MR) is 175 cm³/mol. The van der Waals surface area contributed by atoms with E-state index in [4.69, 9.17) is 19.9 Å². The Labute approximate surface area is 268 Å². The summed E-state index contributed by atoms with van der Waals surface area (Å²) in [7, 11) is 1.69. The Kier molecular flexibility index (Phi) is 12.6. The molecule has 3 aliphatic rings. The van der Waals surface area contributed by atoms with Gasteiger partial charge in [-0.2, -0.15) is 0 Å². The Morgan fingerprint density at radius 2 is 1.82 bits per heavy atom. The molecule has 0 bridgehead atoms. The van der Waals surface area contributed by atoms with Crippen LogP contribution in [0.15, 0.2) is 71.9 Å². The van der Waals surface area contributed by atoms with E-state index < -0.39 is 36.2 Å². The van der Waals surface area contributed by atoms with Crippen molar-refractivity contribution in [1.29, 1.82) is 0 Å². The number of aliphatic hydroxyl groups is 1. The number of hydrogen-bond acceptors (Lipinski definition) is 7. The van der Waals surface area contributed by atoms with Gasteiger partial charge in [0, 0.05) is 50.2 Å². The molecule has 0 aromatic heterocycles. The van der Waals surface area contributed by atoms with E-state index in [1.165, 1.54) is 13.0 Å². The first-order chi connectivity index (χ1) is 21.2. The van der Waals surface area contributed by atoms with Gasteiger partial charge in [0.1, 0.15) is 12.2 Å². The van der Waals surface area contributed by atoms with E-state index in [0.29, 0.717) is 6.42 Å². The average Bonchev–Trinajstić information content (AvgIpc) is 2.97. The summed E-state index contributed by atoms with van der Waals surface area (Å²) in [6.07, 6.45) is 18.4. The number of fused-ring (bicyclic) bond motifs is 3. The van der Waals surface area contributed by atoms with Crippen molar-refractivity contribution in [3.05, 3.63) is 71.9 Å². The van der Waals surface area contributed by atoms with E-state index in [1.807, 2.05) is 45.9 Å². The monoisotopic (exact) mass is 624 g/mol. The number of esters is 1. The summed E-state index contributed by atoms with van der Waals surface area (Å²) >= 11 is 0. The Bertz CT molecular complexity index is 1260. The van der Waals surface area contributed by atoms with E-state index in [2.05, 4.69) is 42.6 Å². The van der Waals surface area contributed by atoms with Crippen molar-refractivity contribution in [3.63, 3.8) is 0 Å². The van der Waals surface area contributed by atoms with Crippen molar-refractivity contribution in [2.45, 2.75) is 91.8 Å². The fourth-order valence-corrected chi connectivity index (χ4v) is 7.10. The number of amides is 2. The van der Waals surface area contributed by atoms with Crippen molar-refractivity contribution in [3.8, 4) is 0 Å². The summed E-state index contributed by atoms with van der Waals surface area (Å²) in [5.74, 6) is -1.35. The molecule has 0 radical (unpaired) electrons. The van der Waals surface area contributed by atoms with Gasteiger partial charge in [-0.25, -0.2) is 9.59 Å². The number of ether oxygens (including phenoxy) is 3. The lowest BCUT2D eigenvalue weighted by atomic mass is 9.55. The third-order valence-corrected chi connectivity index (χ3v) is 9.74. The van der Waals surface area contributed by atoms with Crippen molar-refractivity contribution >= 4 is 18.0 Å². The zero-order valence-corrected chi connectivity index (χ0v) is 27.9. The minimum absolute atomic E-state index is 0.0165. The van der Waals surface area contributed by atoms with Gasteiger partial charge in [0.05, 0.1) is 18.2 Å². The van der Waals surface area contributed by atoms with Crippen LogP contribution in [0, 0.1) is 35.0 Å². The standard InChI is InChI=1S/C36H52N2O7/c1-21-10-9-11-32(40)45-34(24(4)33(41)25(5)38-26(6)39)23(3)13-12-22(2)18-27-14-15-29-30(36(27,7)17-16-21)19-28(43-8)20-31(29)44-35(37)42/h9-18,23-25,27-31,33-34,41H,19-20H2,1-8H3,(H2,37,42)(H,38,39)/b11-9+,13-12+,17-16+,21-10-,22-18+/t23-,24-,25-,27-,28+,29+,30-,31+,33+,34-,36+/m1/s1. The molecule has 45 heavy (non-hydrogen) atoms. The van der Waals surface area contributed by atoms with Crippen LogP contribution in [-0.2, 0) is 23.8 Å². The number of rotatable bonds is 6.